The predicted molar refractivity (Wildman–Crippen MR) is 112 cm³/mol. The Morgan fingerprint density at radius 2 is 1.73 bits per heavy atom. The van der Waals surface area contributed by atoms with Crippen LogP contribution in [0.5, 0.6) is 11.5 Å². The molecule has 0 aliphatic heterocycles. The Morgan fingerprint density at radius 3 is 2.31 bits per heavy atom. The molecule has 0 atom stereocenters. The maximum absolute atomic E-state index is 6.46. The Labute approximate surface area is 168 Å². The van der Waals surface area contributed by atoms with Gasteiger partial charge >= 0.3 is 0 Å². The summed E-state index contributed by atoms with van der Waals surface area (Å²) in [5.41, 5.74) is 3.48. The molecule has 2 rings (SSSR count). The molecule has 2 aromatic carbocycles. The second-order valence-electron chi connectivity index (χ2n) is 6.97. The van der Waals surface area contributed by atoms with Crippen molar-refractivity contribution in [3.63, 3.8) is 0 Å². The van der Waals surface area contributed by atoms with Gasteiger partial charge in [-0.2, -0.15) is 0 Å². The quantitative estimate of drug-likeness (QED) is 0.597. The zero-order valence-corrected chi connectivity index (χ0v) is 17.8. The van der Waals surface area contributed by atoms with Crippen LogP contribution in [0.2, 0.25) is 5.02 Å². The van der Waals surface area contributed by atoms with Crippen molar-refractivity contribution in [2.24, 2.45) is 0 Å². The van der Waals surface area contributed by atoms with E-state index in [9.17, 15) is 0 Å². The van der Waals surface area contributed by atoms with E-state index in [1.54, 1.807) is 7.11 Å². The molecule has 0 fully saturated rings. The highest BCUT2D eigenvalue weighted by Crippen LogP contribution is 2.37. The standard InChI is InChI=1S/C21H28ClNO2.ClH/c1-6-21(3,4)23-13-17-11-18(22)20(19(12-17)24-5)25-14-16-9-7-15(2)8-10-16;/h7-12,23H,6,13-14H2,1-5H3;1H. The van der Waals surface area contributed by atoms with Crippen molar-refractivity contribution in [1.29, 1.82) is 0 Å². The zero-order valence-electron chi connectivity index (χ0n) is 16.2. The van der Waals surface area contributed by atoms with Gasteiger partial charge in [-0.15, -0.1) is 12.4 Å². The molecule has 1 N–H and O–H groups in total. The van der Waals surface area contributed by atoms with Gasteiger partial charge in [-0.05, 0) is 50.5 Å². The largest absolute Gasteiger partial charge is 0.493 e. The third kappa shape index (κ3) is 6.39. The lowest BCUT2D eigenvalue weighted by molar-refractivity contribution is 0.284. The zero-order chi connectivity index (χ0) is 18.4. The summed E-state index contributed by atoms with van der Waals surface area (Å²) in [4.78, 5) is 0. The highest BCUT2D eigenvalue weighted by molar-refractivity contribution is 6.32. The van der Waals surface area contributed by atoms with E-state index in [1.807, 2.05) is 12.1 Å². The molecule has 0 saturated heterocycles. The van der Waals surface area contributed by atoms with Crippen LogP contribution in [-0.2, 0) is 13.2 Å². The Morgan fingerprint density at radius 1 is 1.08 bits per heavy atom. The molecule has 0 aliphatic rings. The molecule has 0 aromatic heterocycles. The van der Waals surface area contributed by atoms with Crippen molar-refractivity contribution in [2.75, 3.05) is 7.11 Å². The van der Waals surface area contributed by atoms with E-state index < -0.39 is 0 Å². The maximum atomic E-state index is 6.46. The lowest BCUT2D eigenvalue weighted by atomic mass is 10.0. The molecule has 0 spiro atoms. The molecule has 0 radical (unpaired) electrons. The van der Waals surface area contributed by atoms with Crippen LogP contribution in [0.25, 0.3) is 0 Å². The third-order valence-electron chi connectivity index (χ3n) is 4.45. The van der Waals surface area contributed by atoms with Gasteiger partial charge in [0.1, 0.15) is 6.61 Å². The van der Waals surface area contributed by atoms with Crippen molar-refractivity contribution >= 4 is 24.0 Å². The van der Waals surface area contributed by atoms with Crippen LogP contribution >= 0.6 is 24.0 Å². The van der Waals surface area contributed by atoms with Crippen LogP contribution in [0, 0.1) is 6.92 Å². The molecule has 26 heavy (non-hydrogen) atoms. The average molecular weight is 398 g/mol. The first-order valence-corrected chi connectivity index (χ1v) is 9.02. The highest BCUT2D eigenvalue weighted by Gasteiger charge is 2.16. The second kappa shape index (κ2) is 10.1. The van der Waals surface area contributed by atoms with E-state index in [2.05, 4.69) is 57.3 Å². The summed E-state index contributed by atoms with van der Waals surface area (Å²) in [6, 6.07) is 12.2. The van der Waals surface area contributed by atoms with E-state index in [1.165, 1.54) is 5.56 Å². The van der Waals surface area contributed by atoms with Crippen molar-refractivity contribution in [1.82, 2.24) is 5.32 Å². The Bertz CT molecular complexity index is 700. The lowest BCUT2D eigenvalue weighted by Gasteiger charge is -2.25. The number of hydrogen-bond acceptors (Lipinski definition) is 3. The van der Waals surface area contributed by atoms with Crippen molar-refractivity contribution in [3.8, 4) is 11.5 Å². The number of methoxy groups -OCH3 is 1. The fourth-order valence-electron chi connectivity index (χ4n) is 2.32. The first kappa shape index (κ1) is 22.6. The summed E-state index contributed by atoms with van der Waals surface area (Å²) in [5, 5.41) is 4.10. The van der Waals surface area contributed by atoms with Gasteiger partial charge in [-0.1, -0.05) is 48.4 Å². The second-order valence-corrected chi connectivity index (χ2v) is 7.38. The van der Waals surface area contributed by atoms with E-state index in [0.29, 0.717) is 23.1 Å². The minimum absolute atomic E-state index is 0. The first-order valence-electron chi connectivity index (χ1n) is 8.64. The number of ether oxygens (including phenoxy) is 2. The van der Waals surface area contributed by atoms with Gasteiger partial charge in [0.15, 0.2) is 11.5 Å². The van der Waals surface area contributed by atoms with E-state index in [-0.39, 0.29) is 17.9 Å². The number of hydrogen-bond donors (Lipinski definition) is 1. The molecule has 0 saturated carbocycles. The van der Waals surface area contributed by atoms with Crippen LogP contribution in [0.1, 0.15) is 43.9 Å². The molecular formula is C21H29Cl2NO2. The highest BCUT2D eigenvalue weighted by atomic mass is 35.5. The minimum Gasteiger partial charge on any atom is -0.493 e. The topological polar surface area (TPSA) is 30.5 Å². The minimum atomic E-state index is 0. The summed E-state index contributed by atoms with van der Waals surface area (Å²) >= 11 is 6.46. The predicted octanol–water partition coefficient (Wildman–Crippen LogP) is 5.94. The number of halogens is 2. The van der Waals surface area contributed by atoms with Crippen molar-refractivity contribution in [3.05, 3.63) is 58.1 Å². The number of rotatable bonds is 8. The Hall–Kier alpha value is -1.42. The molecule has 144 valence electrons. The van der Waals surface area contributed by atoms with Crippen molar-refractivity contribution < 1.29 is 9.47 Å². The number of nitrogens with one attached hydrogen (secondary N) is 1. The number of aryl methyl sites for hydroxylation is 1. The molecule has 0 amide bonds. The summed E-state index contributed by atoms with van der Waals surface area (Å²) < 4.78 is 11.4. The van der Waals surface area contributed by atoms with Crippen LogP contribution < -0.4 is 14.8 Å². The van der Waals surface area contributed by atoms with E-state index in [4.69, 9.17) is 21.1 Å². The van der Waals surface area contributed by atoms with Gasteiger partial charge < -0.3 is 14.8 Å². The van der Waals surface area contributed by atoms with Gasteiger partial charge in [-0.25, -0.2) is 0 Å². The van der Waals surface area contributed by atoms with Gasteiger partial charge in [0.25, 0.3) is 0 Å². The number of benzene rings is 2. The molecule has 0 aliphatic carbocycles. The van der Waals surface area contributed by atoms with E-state index >= 15 is 0 Å². The van der Waals surface area contributed by atoms with Gasteiger partial charge in [-0.3, -0.25) is 0 Å². The summed E-state index contributed by atoms with van der Waals surface area (Å²) in [6.07, 6.45) is 1.05. The first-order chi connectivity index (χ1) is 11.8. The molecular weight excluding hydrogens is 369 g/mol. The maximum Gasteiger partial charge on any atom is 0.180 e. The average Bonchev–Trinajstić information content (AvgIpc) is 2.60. The molecule has 0 heterocycles. The fourth-order valence-corrected chi connectivity index (χ4v) is 2.61. The molecule has 3 nitrogen and oxygen atoms in total. The summed E-state index contributed by atoms with van der Waals surface area (Å²) in [5.74, 6) is 1.24. The smallest absolute Gasteiger partial charge is 0.180 e. The Kier molecular flexibility index (Phi) is 8.75. The summed E-state index contributed by atoms with van der Waals surface area (Å²) in [7, 11) is 1.64. The SMILES string of the molecule is CCC(C)(C)NCc1cc(Cl)c(OCc2ccc(C)cc2)c(OC)c1.Cl. The van der Waals surface area contributed by atoms with Gasteiger partial charge in [0, 0.05) is 12.1 Å². The Balaban J connectivity index is 0.00000338. The summed E-state index contributed by atoms with van der Waals surface area (Å²) in [6.45, 7) is 9.79. The van der Waals surface area contributed by atoms with Crippen molar-refractivity contribution in [2.45, 2.75) is 52.8 Å². The van der Waals surface area contributed by atoms with Crippen LogP contribution in [0.3, 0.4) is 0 Å². The van der Waals surface area contributed by atoms with Gasteiger partial charge in [0.2, 0.25) is 0 Å². The van der Waals surface area contributed by atoms with Crippen LogP contribution in [0.15, 0.2) is 36.4 Å². The lowest BCUT2D eigenvalue weighted by Crippen LogP contribution is -2.37. The monoisotopic (exact) mass is 397 g/mol. The van der Waals surface area contributed by atoms with Crippen LogP contribution in [0.4, 0.5) is 0 Å². The van der Waals surface area contributed by atoms with E-state index in [0.717, 1.165) is 24.1 Å². The molecule has 0 unspecified atom stereocenters. The molecule has 5 heteroatoms. The molecule has 0 bridgehead atoms. The van der Waals surface area contributed by atoms with Gasteiger partial charge in [0.05, 0.1) is 12.1 Å². The van der Waals surface area contributed by atoms with Crippen LogP contribution in [-0.4, -0.2) is 12.6 Å². The normalized spacial score (nSPS) is 11.0. The molecule has 2 aromatic rings. The third-order valence-corrected chi connectivity index (χ3v) is 4.73. The fraction of sp³-hybridized carbons (Fsp3) is 0.429.